The first-order chi connectivity index (χ1) is 12.2. The van der Waals surface area contributed by atoms with Gasteiger partial charge >= 0.3 is 12.2 Å². The first kappa shape index (κ1) is 19.5. The fourth-order valence-corrected chi connectivity index (χ4v) is 2.17. The number of amides is 2. The van der Waals surface area contributed by atoms with Gasteiger partial charge in [0.15, 0.2) is 5.82 Å². The number of hydrazone groups is 1. The van der Waals surface area contributed by atoms with Crippen molar-refractivity contribution in [3.8, 4) is 0 Å². The van der Waals surface area contributed by atoms with E-state index in [9.17, 15) is 18.0 Å². The lowest BCUT2D eigenvalue weighted by atomic mass is 10.2. The molecule has 2 N–H and O–H groups in total. The lowest BCUT2D eigenvalue weighted by Crippen LogP contribution is -2.44. The Kier molecular flexibility index (Phi) is 6.04. The number of halogens is 4. The Bertz CT molecular complexity index is 809. The molecule has 0 unspecified atom stereocenters. The smallest absolute Gasteiger partial charge is 0.269 e. The first-order valence-electron chi connectivity index (χ1n) is 7.29. The number of hydrazine groups is 1. The molecule has 0 aliphatic rings. The summed E-state index contributed by atoms with van der Waals surface area (Å²) in [4.78, 5) is 15.4. The Labute approximate surface area is 152 Å². The van der Waals surface area contributed by atoms with E-state index in [1.165, 1.54) is 13.3 Å². The van der Waals surface area contributed by atoms with Crippen molar-refractivity contribution in [2.45, 2.75) is 13.1 Å². The van der Waals surface area contributed by atoms with Crippen LogP contribution in [0.25, 0.3) is 0 Å². The molecule has 6 nitrogen and oxygen atoms in total. The number of hydrogen-bond acceptors (Lipinski definition) is 4. The van der Waals surface area contributed by atoms with Crippen molar-refractivity contribution in [3.63, 3.8) is 0 Å². The summed E-state index contributed by atoms with van der Waals surface area (Å²) in [5, 5.41) is 4.59. The minimum atomic E-state index is -4.55. The van der Waals surface area contributed by atoms with E-state index < -0.39 is 17.8 Å². The van der Waals surface area contributed by atoms with Crippen LogP contribution in [0.4, 0.5) is 23.8 Å². The molecule has 138 valence electrons. The van der Waals surface area contributed by atoms with Crippen LogP contribution < -0.4 is 15.9 Å². The van der Waals surface area contributed by atoms with Crippen LogP contribution in [0.2, 0.25) is 5.02 Å². The molecule has 0 fully saturated rings. The van der Waals surface area contributed by atoms with Gasteiger partial charge in [-0.2, -0.15) is 18.3 Å². The van der Waals surface area contributed by atoms with Gasteiger partial charge in [-0.05, 0) is 18.6 Å². The highest BCUT2D eigenvalue weighted by atomic mass is 35.5. The van der Waals surface area contributed by atoms with Gasteiger partial charge in [0.2, 0.25) is 0 Å². The van der Waals surface area contributed by atoms with Gasteiger partial charge in [-0.15, -0.1) is 0 Å². The lowest BCUT2D eigenvalue weighted by molar-refractivity contribution is -0.137. The van der Waals surface area contributed by atoms with E-state index in [1.54, 1.807) is 0 Å². The summed E-state index contributed by atoms with van der Waals surface area (Å²) < 4.78 is 37.8. The second-order valence-corrected chi connectivity index (χ2v) is 5.72. The topological polar surface area (TPSA) is 69.6 Å². The van der Waals surface area contributed by atoms with Crippen molar-refractivity contribution in [2.24, 2.45) is 5.10 Å². The molecule has 1 heterocycles. The zero-order valence-corrected chi connectivity index (χ0v) is 14.6. The summed E-state index contributed by atoms with van der Waals surface area (Å²) in [5.74, 6) is -0.0441. The number of carbonyl (C=O) groups is 1. The number of nitrogens with one attached hydrogen (secondary N) is 2. The molecule has 0 aliphatic heterocycles. The predicted octanol–water partition coefficient (Wildman–Crippen LogP) is 3.75. The number of aromatic nitrogens is 1. The zero-order valence-electron chi connectivity index (χ0n) is 13.8. The second-order valence-electron chi connectivity index (χ2n) is 5.31. The largest absolute Gasteiger partial charge is 0.417 e. The maximum Gasteiger partial charge on any atom is 0.417 e. The van der Waals surface area contributed by atoms with Gasteiger partial charge in [-0.25, -0.2) is 20.6 Å². The van der Waals surface area contributed by atoms with Gasteiger partial charge in [0, 0.05) is 13.2 Å². The van der Waals surface area contributed by atoms with Crippen LogP contribution in [-0.2, 0) is 6.18 Å². The predicted molar refractivity (Wildman–Crippen MR) is 93.1 cm³/mol. The van der Waals surface area contributed by atoms with E-state index in [4.69, 9.17) is 11.6 Å². The maximum atomic E-state index is 12.6. The summed E-state index contributed by atoms with van der Waals surface area (Å²) in [5.41, 5.74) is 5.46. The van der Waals surface area contributed by atoms with Crippen LogP contribution in [-0.4, -0.2) is 24.3 Å². The molecule has 26 heavy (non-hydrogen) atoms. The Morgan fingerprint density at radius 3 is 2.54 bits per heavy atom. The number of nitrogens with zero attached hydrogens (tertiary/aromatic N) is 3. The minimum Gasteiger partial charge on any atom is -0.269 e. The summed E-state index contributed by atoms with van der Waals surface area (Å²) in [7, 11) is 1.38. The Hall–Kier alpha value is -2.81. The molecule has 10 heteroatoms. The number of anilines is 1. The average Bonchev–Trinajstić information content (AvgIpc) is 2.55. The van der Waals surface area contributed by atoms with Crippen molar-refractivity contribution in [1.82, 2.24) is 15.8 Å². The third-order valence-electron chi connectivity index (χ3n) is 3.19. The fourth-order valence-electron chi connectivity index (χ4n) is 1.88. The third kappa shape index (κ3) is 5.35. The molecule has 2 rings (SSSR count). The molecule has 0 saturated heterocycles. The number of alkyl halides is 3. The molecule has 0 saturated carbocycles. The Morgan fingerprint density at radius 1 is 1.31 bits per heavy atom. The van der Waals surface area contributed by atoms with E-state index in [-0.39, 0.29) is 10.8 Å². The van der Waals surface area contributed by atoms with Crippen LogP contribution in [0.15, 0.2) is 41.6 Å². The number of pyridine rings is 1. The zero-order chi connectivity index (χ0) is 19.3. The van der Waals surface area contributed by atoms with Gasteiger partial charge in [-0.3, -0.25) is 5.01 Å². The van der Waals surface area contributed by atoms with Gasteiger partial charge in [-0.1, -0.05) is 41.4 Å². The normalized spacial score (nSPS) is 11.5. The summed E-state index contributed by atoms with van der Waals surface area (Å²) in [6.07, 6.45) is -2.47. The van der Waals surface area contributed by atoms with E-state index in [1.807, 2.05) is 31.2 Å². The monoisotopic (exact) mass is 385 g/mol. The summed E-state index contributed by atoms with van der Waals surface area (Å²) in [6, 6.07) is 7.47. The molecule has 0 radical (unpaired) electrons. The molecule has 1 aromatic carbocycles. The van der Waals surface area contributed by atoms with Crippen LogP contribution in [0.3, 0.4) is 0 Å². The van der Waals surface area contributed by atoms with E-state index in [2.05, 4.69) is 20.9 Å². The number of benzene rings is 1. The number of hydrogen-bond donors (Lipinski definition) is 2. The second kappa shape index (κ2) is 8.05. The Balaban J connectivity index is 1.95. The summed E-state index contributed by atoms with van der Waals surface area (Å²) >= 11 is 5.81. The minimum absolute atomic E-state index is 0.0441. The molecule has 0 spiro atoms. The average molecular weight is 386 g/mol. The van der Waals surface area contributed by atoms with Crippen LogP contribution in [0.1, 0.15) is 16.7 Å². The number of rotatable bonds is 4. The molecule has 0 bridgehead atoms. The van der Waals surface area contributed by atoms with Crippen molar-refractivity contribution < 1.29 is 18.0 Å². The Morgan fingerprint density at radius 2 is 1.96 bits per heavy atom. The van der Waals surface area contributed by atoms with Gasteiger partial charge < -0.3 is 0 Å². The first-order valence-corrected chi connectivity index (χ1v) is 7.67. The molecule has 1 aromatic heterocycles. The highest BCUT2D eigenvalue weighted by Gasteiger charge is 2.32. The van der Waals surface area contributed by atoms with E-state index in [0.29, 0.717) is 6.20 Å². The van der Waals surface area contributed by atoms with Gasteiger partial charge in [0.05, 0.1) is 16.8 Å². The van der Waals surface area contributed by atoms with Gasteiger partial charge in [0.25, 0.3) is 0 Å². The molecule has 2 amide bonds. The molecule has 0 atom stereocenters. The van der Waals surface area contributed by atoms with Crippen molar-refractivity contribution in [2.75, 3.05) is 12.1 Å². The summed E-state index contributed by atoms with van der Waals surface area (Å²) in [6.45, 7) is 1.95. The van der Waals surface area contributed by atoms with Crippen LogP contribution in [0, 0.1) is 6.92 Å². The lowest BCUT2D eigenvalue weighted by Gasteiger charge is -2.20. The van der Waals surface area contributed by atoms with Gasteiger partial charge in [0.1, 0.15) is 0 Å². The standard InChI is InChI=1S/C16H15ClF3N5O/c1-10-3-5-11(6-4-10)8-22-23-15(26)24-25(2)14-13(17)7-12(9-21-14)16(18,19)20/h3-9H,1-2H3,(H2,23,24,26)/b22-8-. The maximum absolute atomic E-state index is 12.6. The van der Waals surface area contributed by atoms with E-state index in [0.717, 1.165) is 22.2 Å². The number of urea groups is 1. The van der Waals surface area contributed by atoms with Crippen LogP contribution in [0.5, 0.6) is 0 Å². The third-order valence-corrected chi connectivity index (χ3v) is 3.47. The molecular weight excluding hydrogens is 371 g/mol. The van der Waals surface area contributed by atoms with Crippen molar-refractivity contribution in [1.29, 1.82) is 0 Å². The quantitative estimate of drug-likeness (QED) is 0.622. The number of carbonyl (C=O) groups excluding carboxylic acids is 1. The van der Waals surface area contributed by atoms with E-state index >= 15 is 0 Å². The molecule has 0 aliphatic carbocycles. The van der Waals surface area contributed by atoms with Crippen molar-refractivity contribution in [3.05, 3.63) is 58.2 Å². The number of aryl methyl sites for hydroxylation is 1. The highest BCUT2D eigenvalue weighted by molar-refractivity contribution is 6.33. The highest BCUT2D eigenvalue weighted by Crippen LogP contribution is 2.32. The van der Waals surface area contributed by atoms with Crippen LogP contribution >= 0.6 is 11.6 Å². The van der Waals surface area contributed by atoms with Crippen molar-refractivity contribution >= 4 is 29.7 Å². The molecular formula is C16H15ClF3N5O. The fraction of sp³-hybridized carbons (Fsp3) is 0.188. The molecule has 2 aromatic rings. The SMILES string of the molecule is Cc1ccc(/C=N\NC(=O)NN(C)c2ncc(C(F)(F)F)cc2Cl)cc1.